The third-order valence-corrected chi connectivity index (χ3v) is 3.64. The summed E-state index contributed by atoms with van der Waals surface area (Å²) in [5.74, 6) is -0.905. The van der Waals surface area contributed by atoms with Crippen LogP contribution in [0.25, 0.3) is 11.3 Å². The third-order valence-electron chi connectivity index (χ3n) is 1.93. The van der Waals surface area contributed by atoms with Crippen molar-refractivity contribution in [2.24, 2.45) is 0 Å². The Balaban J connectivity index is 2.49. The number of nitrogens with zero attached hydrogens (tertiary/aromatic N) is 1. The van der Waals surface area contributed by atoms with Crippen molar-refractivity contribution >= 4 is 33.8 Å². The Kier molecular flexibility index (Phi) is 2.45. The highest BCUT2D eigenvalue weighted by Crippen LogP contribution is 2.32. The van der Waals surface area contributed by atoms with Crippen molar-refractivity contribution in [3.63, 3.8) is 0 Å². The van der Waals surface area contributed by atoms with E-state index in [0.717, 1.165) is 16.1 Å². The van der Waals surface area contributed by atoms with Crippen LogP contribution in [0, 0.1) is 6.92 Å². The molecule has 2 heterocycles. The smallest absolute Gasteiger partial charge is 0.345 e. The fraction of sp³-hybridized carbons (Fsp3) is 0.111. The molecule has 0 aromatic carbocycles. The van der Waals surface area contributed by atoms with Gasteiger partial charge in [-0.1, -0.05) is 0 Å². The molecule has 0 fully saturated rings. The second-order valence-electron chi connectivity index (χ2n) is 2.96. The topological polar surface area (TPSA) is 76.2 Å². The molecule has 0 aliphatic heterocycles. The van der Waals surface area contributed by atoms with Crippen LogP contribution in [0.1, 0.15) is 14.5 Å². The number of hydrogen-bond acceptors (Lipinski definition) is 5. The Morgan fingerprint density at radius 1 is 1.60 bits per heavy atom. The summed E-state index contributed by atoms with van der Waals surface area (Å²) in [5, 5.41) is 11.2. The van der Waals surface area contributed by atoms with Gasteiger partial charge in [0.1, 0.15) is 4.88 Å². The minimum atomic E-state index is -0.905. The van der Waals surface area contributed by atoms with Crippen molar-refractivity contribution in [1.29, 1.82) is 0 Å². The molecular formula is C9H8N2O2S2. The van der Waals surface area contributed by atoms with Crippen molar-refractivity contribution in [2.75, 3.05) is 5.73 Å². The first-order chi connectivity index (χ1) is 7.08. The van der Waals surface area contributed by atoms with E-state index in [1.165, 1.54) is 22.7 Å². The van der Waals surface area contributed by atoms with E-state index in [1.54, 1.807) is 6.07 Å². The predicted molar refractivity (Wildman–Crippen MR) is 61.5 cm³/mol. The Morgan fingerprint density at radius 2 is 2.33 bits per heavy atom. The van der Waals surface area contributed by atoms with Crippen molar-refractivity contribution in [1.82, 2.24) is 4.98 Å². The van der Waals surface area contributed by atoms with E-state index >= 15 is 0 Å². The average molecular weight is 240 g/mol. The van der Waals surface area contributed by atoms with Gasteiger partial charge in [0.25, 0.3) is 0 Å². The first-order valence-corrected chi connectivity index (χ1v) is 5.82. The summed E-state index contributed by atoms with van der Waals surface area (Å²) >= 11 is 2.60. The van der Waals surface area contributed by atoms with Gasteiger partial charge in [0, 0.05) is 15.8 Å². The number of hydrogen-bond donors (Lipinski definition) is 2. The highest BCUT2D eigenvalue weighted by atomic mass is 32.1. The second kappa shape index (κ2) is 3.63. The van der Waals surface area contributed by atoms with Gasteiger partial charge in [0.15, 0.2) is 5.13 Å². The molecule has 78 valence electrons. The monoisotopic (exact) mass is 240 g/mol. The molecule has 0 bridgehead atoms. The SMILES string of the molecule is Cc1sc(C(=O)O)cc1-c1csc(N)n1. The van der Waals surface area contributed by atoms with Crippen LogP contribution in [-0.4, -0.2) is 16.1 Å². The first-order valence-electron chi connectivity index (χ1n) is 4.13. The fourth-order valence-electron chi connectivity index (χ4n) is 1.25. The number of carboxylic acids is 1. The minimum Gasteiger partial charge on any atom is -0.477 e. The lowest BCUT2D eigenvalue weighted by atomic mass is 10.2. The minimum absolute atomic E-state index is 0.328. The highest BCUT2D eigenvalue weighted by molar-refractivity contribution is 7.15. The molecule has 0 saturated carbocycles. The maximum absolute atomic E-state index is 10.8. The third kappa shape index (κ3) is 1.86. The van der Waals surface area contributed by atoms with Gasteiger partial charge in [-0.05, 0) is 13.0 Å². The number of carboxylic acid groups (broad SMARTS) is 1. The van der Waals surface area contributed by atoms with Crippen LogP contribution in [0.15, 0.2) is 11.4 Å². The molecule has 3 N–H and O–H groups in total. The molecule has 2 aromatic rings. The van der Waals surface area contributed by atoms with Crippen molar-refractivity contribution in [3.8, 4) is 11.3 Å². The number of aryl methyl sites for hydroxylation is 1. The van der Waals surface area contributed by atoms with Gasteiger partial charge in [-0.15, -0.1) is 22.7 Å². The van der Waals surface area contributed by atoms with Crippen molar-refractivity contribution < 1.29 is 9.90 Å². The van der Waals surface area contributed by atoms with Gasteiger partial charge < -0.3 is 10.8 Å². The van der Waals surface area contributed by atoms with E-state index in [0.29, 0.717) is 10.0 Å². The maximum Gasteiger partial charge on any atom is 0.345 e. The van der Waals surface area contributed by atoms with Crippen molar-refractivity contribution in [2.45, 2.75) is 6.92 Å². The standard InChI is InChI=1S/C9H8N2O2S2/c1-4-5(2-7(15-4)8(12)13)6-3-14-9(10)11-6/h2-3H,1H3,(H2,10,11)(H,12,13). The van der Waals surface area contributed by atoms with Crippen LogP contribution in [0.2, 0.25) is 0 Å². The summed E-state index contributed by atoms with van der Waals surface area (Å²) in [6.45, 7) is 1.88. The highest BCUT2D eigenvalue weighted by Gasteiger charge is 2.14. The van der Waals surface area contributed by atoms with Crippen LogP contribution in [-0.2, 0) is 0 Å². The van der Waals surface area contributed by atoms with Gasteiger partial charge in [0.05, 0.1) is 5.69 Å². The quantitative estimate of drug-likeness (QED) is 0.845. The number of aromatic carboxylic acids is 1. The summed E-state index contributed by atoms with van der Waals surface area (Å²) in [6, 6.07) is 1.64. The molecule has 6 heteroatoms. The lowest BCUT2D eigenvalue weighted by Gasteiger charge is -1.91. The van der Waals surface area contributed by atoms with Gasteiger partial charge in [-0.2, -0.15) is 0 Å². The number of rotatable bonds is 2. The van der Waals surface area contributed by atoms with E-state index in [-0.39, 0.29) is 0 Å². The van der Waals surface area contributed by atoms with Gasteiger partial charge in [-0.3, -0.25) is 0 Å². The zero-order valence-corrected chi connectivity index (χ0v) is 9.48. The van der Waals surface area contributed by atoms with Crippen LogP contribution in [0.3, 0.4) is 0 Å². The van der Waals surface area contributed by atoms with E-state index in [1.807, 2.05) is 12.3 Å². The van der Waals surface area contributed by atoms with Crippen LogP contribution in [0.4, 0.5) is 5.13 Å². The summed E-state index contributed by atoms with van der Waals surface area (Å²) in [5.41, 5.74) is 7.13. The molecule has 15 heavy (non-hydrogen) atoms. The zero-order valence-electron chi connectivity index (χ0n) is 7.85. The summed E-state index contributed by atoms with van der Waals surface area (Å²) < 4.78 is 0. The molecule has 0 radical (unpaired) electrons. The van der Waals surface area contributed by atoms with E-state index in [9.17, 15) is 4.79 Å². The molecule has 2 aromatic heterocycles. The number of aromatic nitrogens is 1. The molecule has 2 rings (SSSR count). The van der Waals surface area contributed by atoms with E-state index in [4.69, 9.17) is 10.8 Å². The molecule has 0 aliphatic carbocycles. The molecule has 0 amide bonds. The number of nitrogens with two attached hydrogens (primary N) is 1. The molecule has 0 spiro atoms. The first kappa shape index (κ1) is 10.1. The zero-order chi connectivity index (χ0) is 11.0. The number of anilines is 1. The van der Waals surface area contributed by atoms with Crippen LogP contribution in [0.5, 0.6) is 0 Å². The molecule has 0 unspecified atom stereocenters. The second-order valence-corrected chi connectivity index (χ2v) is 5.10. The lowest BCUT2D eigenvalue weighted by molar-refractivity contribution is 0.0702. The van der Waals surface area contributed by atoms with E-state index < -0.39 is 5.97 Å². The largest absolute Gasteiger partial charge is 0.477 e. The Labute approximate surface area is 94.0 Å². The fourth-order valence-corrected chi connectivity index (χ4v) is 2.68. The average Bonchev–Trinajstić information content (AvgIpc) is 2.71. The molecule has 0 aliphatic rings. The maximum atomic E-state index is 10.8. The Morgan fingerprint density at radius 3 is 2.80 bits per heavy atom. The van der Waals surface area contributed by atoms with Gasteiger partial charge in [0.2, 0.25) is 0 Å². The van der Waals surface area contributed by atoms with Crippen LogP contribution < -0.4 is 5.73 Å². The van der Waals surface area contributed by atoms with E-state index in [2.05, 4.69) is 4.98 Å². The molecular weight excluding hydrogens is 232 g/mol. The molecule has 4 nitrogen and oxygen atoms in total. The number of carbonyl (C=O) groups is 1. The normalized spacial score (nSPS) is 10.5. The number of thiazole rings is 1. The number of nitrogen functional groups attached to an aromatic ring is 1. The Hall–Kier alpha value is -1.40. The number of thiophene rings is 1. The van der Waals surface area contributed by atoms with Gasteiger partial charge in [-0.25, -0.2) is 9.78 Å². The van der Waals surface area contributed by atoms with Crippen LogP contribution >= 0.6 is 22.7 Å². The van der Waals surface area contributed by atoms with Crippen molar-refractivity contribution in [3.05, 3.63) is 21.2 Å². The summed E-state index contributed by atoms with van der Waals surface area (Å²) in [7, 11) is 0. The summed E-state index contributed by atoms with van der Waals surface area (Å²) in [4.78, 5) is 16.2. The summed E-state index contributed by atoms with van der Waals surface area (Å²) in [6.07, 6.45) is 0. The molecule has 0 saturated heterocycles. The Bertz CT molecular complexity index is 516. The lowest BCUT2D eigenvalue weighted by Crippen LogP contribution is -1.90. The molecule has 0 atom stereocenters. The van der Waals surface area contributed by atoms with Gasteiger partial charge >= 0.3 is 5.97 Å². The predicted octanol–water partition coefficient (Wildman–Crippen LogP) is 2.46.